The second-order valence-corrected chi connectivity index (χ2v) is 8.00. The summed E-state index contributed by atoms with van der Waals surface area (Å²) in [4.78, 5) is 12.5. The van der Waals surface area contributed by atoms with Crippen molar-refractivity contribution >= 4 is 18.3 Å². The van der Waals surface area contributed by atoms with E-state index in [1.54, 1.807) is 13.0 Å². The Balaban J connectivity index is 0.00000261. The monoisotopic (exact) mass is 404 g/mol. The van der Waals surface area contributed by atoms with Crippen molar-refractivity contribution in [2.45, 2.75) is 69.6 Å². The van der Waals surface area contributed by atoms with Crippen LogP contribution in [0.4, 0.5) is 13.2 Å². The first-order valence-electron chi connectivity index (χ1n) is 9.46. The van der Waals surface area contributed by atoms with Gasteiger partial charge in [0.15, 0.2) is 0 Å². The average molecular weight is 405 g/mol. The Bertz CT molecular complexity index is 638. The number of hydrogen-bond donors (Lipinski definition) is 2. The van der Waals surface area contributed by atoms with E-state index in [0.29, 0.717) is 17.4 Å². The molecule has 2 aliphatic carbocycles. The number of fused-ring (bicyclic) bond motifs is 2. The van der Waals surface area contributed by atoms with E-state index in [2.05, 4.69) is 5.32 Å². The molecule has 3 N–H and O–H groups in total. The quantitative estimate of drug-likeness (QED) is 0.767. The molecule has 2 saturated carbocycles. The Labute approximate surface area is 164 Å². The van der Waals surface area contributed by atoms with E-state index in [4.69, 9.17) is 5.73 Å². The lowest BCUT2D eigenvalue weighted by atomic mass is 9.67. The minimum Gasteiger partial charge on any atom is -0.353 e. The molecule has 3 nitrogen and oxygen atoms in total. The molecule has 1 aromatic rings. The van der Waals surface area contributed by atoms with Crippen LogP contribution in [0.1, 0.15) is 62.5 Å². The molecular formula is C20H28ClF3N2O. The summed E-state index contributed by atoms with van der Waals surface area (Å²) >= 11 is 0. The highest BCUT2D eigenvalue weighted by atomic mass is 35.5. The van der Waals surface area contributed by atoms with Gasteiger partial charge in [-0.25, -0.2) is 0 Å². The van der Waals surface area contributed by atoms with E-state index >= 15 is 0 Å². The SMILES string of the molecule is CC(CC(=O)NC1C2CCCC1CC(N)C2)c1cccc(C(F)(F)F)c1.Cl. The van der Waals surface area contributed by atoms with Crippen LogP contribution in [0.3, 0.4) is 0 Å². The number of amides is 1. The Morgan fingerprint density at radius 3 is 2.48 bits per heavy atom. The van der Waals surface area contributed by atoms with Gasteiger partial charge in [0.05, 0.1) is 5.56 Å². The Morgan fingerprint density at radius 2 is 1.89 bits per heavy atom. The normalized spacial score (nSPS) is 28.8. The smallest absolute Gasteiger partial charge is 0.353 e. The molecule has 27 heavy (non-hydrogen) atoms. The van der Waals surface area contributed by atoms with Gasteiger partial charge < -0.3 is 11.1 Å². The van der Waals surface area contributed by atoms with Crippen molar-refractivity contribution in [2.75, 3.05) is 0 Å². The average Bonchev–Trinajstić information content (AvgIpc) is 2.55. The molecule has 0 aliphatic heterocycles. The van der Waals surface area contributed by atoms with E-state index in [1.807, 2.05) is 0 Å². The van der Waals surface area contributed by atoms with E-state index in [-0.39, 0.29) is 42.7 Å². The summed E-state index contributed by atoms with van der Waals surface area (Å²) in [5.41, 5.74) is 5.99. The molecule has 0 radical (unpaired) electrons. The number of alkyl halides is 3. The van der Waals surface area contributed by atoms with Crippen LogP contribution in [-0.2, 0) is 11.0 Å². The van der Waals surface area contributed by atoms with Crippen molar-refractivity contribution in [2.24, 2.45) is 17.6 Å². The topological polar surface area (TPSA) is 55.1 Å². The molecule has 3 rings (SSSR count). The van der Waals surface area contributed by atoms with Crippen molar-refractivity contribution in [3.63, 3.8) is 0 Å². The molecular weight excluding hydrogens is 377 g/mol. The number of benzene rings is 1. The van der Waals surface area contributed by atoms with Gasteiger partial charge in [0.2, 0.25) is 5.91 Å². The molecule has 0 heterocycles. The van der Waals surface area contributed by atoms with Gasteiger partial charge in [0.25, 0.3) is 0 Å². The Morgan fingerprint density at radius 1 is 1.26 bits per heavy atom. The third-order valence-electron chi connectivity index (χ3n) is 5.98. The van der Waals surface area contributed by atoms with E-state index in [9.17, 15) is 18.0 Å². The number of carbonyl (C=O) groups is 1. The number of nitrogens with two attached hydrogens (primary N) is 1. The summed E-state index contributed by atoms with van der Waals surface area (Å²) in [7, 11) is 0. The van der Waals surface area contributed by atoms with Crippen LogP contribution in [0.15, 0.2) is 24.3 Å². The summed E-state index contributed by atoms with van der Waals surface area (Å²) < 4.78 is 38.6. The van der Waals surface area contributed by atoms with Gasteiger partial charge in [-0.2, -0.15) is 13.2 Å². The zero-order chi connectivity index (χ0) is 18.9. The highest BCUT2D eigenvalue weighted by Gasteiger charge is 2.40. The molecule has 2 bridgehead atoms. The largest absolute Gasteiger partial charge is 0.416 e. The zero-order valence-corrected chi connectivity index (χ0v) is 16.3. The molecule has 7 heteroatoms. The second-order valence-electron chi connectivity index (χ2n) is 8.00. The summed E-state index contributed by atoms with van der Waals surface area (Å²) in [6.07, 6.45) is 1.11. The fraction of sp³-hybridized carbons (Fsp3) is 0.650. The molecule has 1 amide bonds. The van der Waals surface area contributed by atoms with Crippen LogP contribution in [0.25, 0.3) is 0 Å². The summed E-state index contributed by atoms with van der Waals surface area (Å²) in [5.74, 6) is 0.533. The molecule has 0 spiro atoms. The third-order valence-corrected chi connectivity index (χ3v) is 5.98. The maximum Gasteiger partial charge on any atom is 0.416 e. The predicted octanol–water partition coefficient (Wildman–Crippen LogP) is 4.64. The van der Waals surface area contributed by atoms with Crippen LogP contribution < -0.4 is 11.1 Å². The Hall–Kier alpha value is -1.27. The van der Waals surface area contributed by atoms with Gasteiger partial charge >= 0.3 is 6.18 Å². The maximum absolute atomic E-state index is 12.9. The summed E-state index contributed by atoms with van der Waals surface area (Å²) in [6, 6.07) is 5.66. The van der Waals surface area contributed by atoms with Crippen LogP contribution in [0.5, 0.6) is 0 Å². The predicted molar refractivity (Wildman–Crippen MR) is 102 cm³/mol. The third kappa shape index (κ3) is 5.38. The van der Waals surface area contributed by atoms with Crippen LogP contribution >= 0.6 is 12.4 Å². The Kier molecular flexibility index (Phi) is 7.20. The van der Waals surface area contributed by atoms with Crippen molar-refractivity contribution in [1.29, 1.82) is 0 Å². The summed E-state index contributed by atoms with van der Waals surface area (Å²) in [5, 5.41) is 3.17. The number of carbonyl (C=O) groups excluding carboxylic acids is 1. The maximum atomic E-state index is 12.9. The van der Waals surface area contributed by atoms with Crippen LogP contribution in [0, 0.1) is 11.8 Å². The molecule has 2 aliphatic rings. The lowest BCUT2D eigenvalue weighted by molar-refractivity contribution is -0.137. The lowest BCUT2D eigenvalue weighted by Crippen LogP contribution is -2.53. The van der Waals surface area contributed by atoms with Crippen LogP contribution in [-0.4, -0.2) is 18.0 Å². The first kappa shape index (κ1) is 22.0. The minimum absolute atomic E-state index is 0. The van der Waals surface area contributed by atoms with Gasteiger partial charge in [-0.15, -0.1) is 12.4 Å². The first-order valence-corrected chi connectivity index (χ1v) is 9.46. The van der Waals surface area contributed by atoms with E-state index in [0.717, 1.165) is 37.8 Å². The fourth-order valence-electron chi connectivity index (χ4n) is 4.69. The highest BCUT2D eigenvalue weighted by molar-refractivity contribution is 5.85. The van der Waals surface area contributed by atoms with Crippen molar-refractivity contribution in [3.05, 3.63) is 35.4 Å². The van der Waals surface area contributed by atoms with E-state index < -0.39 is 11.7 Å². The second kappa shape index (κ2) is 8.82. The van der Waals surface area contributed by atoms with E-state index in [1.165, 1.54) is 12.5 Å². The molecule has 0 saturated heterocycles. The lowest BCUT2D eigenvalue weighted by Gasteiger charge is -2.45. The molecule has 0 aromatic heterocycles. The number of nitrogens with one attached hydrogen (secondary N) is 1. The van der Waals surface area contributed by atoms with Gasteiger partial charge in [-0.3, -0.25) is 4.79 Å². The van der Waals surface area contributed by atoms with Gasteiger partial charge in [-0.1, -0.05) is 31.5 Å². The molecule has 152 valence electrons. The number of hydrogen-bond acceptors (Lipinski definition) is 2. The number of halogens is 4. The minimum atomic E-state index is -4.36. The van der Waals surface area contributed by atoms with Gasteiger partial charge in [0, 0.05) is 18.5 Å². The fourth-order valence-corrected chi connectivity index (χ4v) is 4.69. The van der Waals surface area contributed by atoms with Gasteiger partial charge in [0.1, 0.15) is 0 Å². The summed E-state index contributed by atoms with van der Waals surface area (Å²) in [6.45, 7) is 1.80. The van der Waals surface area contributed by atoms with Crippen molar-refractivity contribution in [3.8, 4) is 0 Å². The van der Waals surface area contributed by atoms with Crippen molar-refractivity contribution in [1.82, 2.24) is 5.32 Å². The molecule has 2 fully saturated rings. The standard InChI is InChI=1S/C20H27F3N2O.ClH/c1-12(13-4-3-7-16(9-13)20(21,22)23)8-18(26)25-19-14-5-2-6-15(19)11-17(24)10-14;/h3-4,7,9,12,14-15,17,19H,2,5-6,8,10-11,24H2,1H3,(H,25,26);1H. The number of rotatable bonds is 4. The van der Waals surface area contributed by atoms with Crippen molar-refractivity contribution < 1.29 is 18.0 Å². The molecule has 1 aromatic carbocycles. The highest BCUT2D eigenvalue weighted by Crippen LogP contribution is 2.40. The molecule has 3 atom stereocenters. The first-order chi connectivity index (χ1) is 12.2. The van der Waals surface area contributed by atoms with Gasteiger partial charge in [-0.05, 0) is 55.1 Å². The zero-order valence-electron chi connectivity index (χ0n) is 15.5. The molecule has 3 unspecified atom stereocenters. The van der Waals surface area contributed by atoms with Crippen LogP contribution in [0.2, 0.25) is 0 Å².